The highest BCUT2D eigenvalue weighted by Crippen LogP contribution is 2.29. The lowest BCUT2D eigenvalue weighted by molar-refractivity contribution is -0.116. The first-order chi connectivity index (χ1) is 14.3. The van der Waals surface area contributed by atoms with E-state index < -0.39 is 27.6 Å². The smallest absolute Gasteiger partial charge is 0.261 e. The van der Waals surface area contributed by atoms with E-state index in [9.17, 15) is 22.8 Å². The standard InChI is InChI=1S/C20H20N2O6S2/c1-22-18(19(24)14-5-3-4-6-17(14)30(22,26)27)15(23)9-7-13-8-10-16(29-13)20(25)21-11-12-28-2/h3-10,18H,11-12H2,1-2H3,(H,21,25). The summed E-state index contributed by atoms with van der Waals surface area (Å²) in [5.74, 6) is -1.48. The number of hydrogen-bond donors (Lipinski definition) is 1. The molecule has 0 saturated carbocycles. The first-order valence-electron chi connectivity index (χ1n) is 8.97. The van der Waals surface area contributed by atoms with Crippen LogP contribution in [-0.4, -0.2) is 63.5 Å². The van der Waals surface area contributed by atoms with Crippen molar-refractivity contribution in [2.75, 3.05) is 27.3 Å². The zero-order valence-electron chi connectivity index (χ0n) is 16.3. The summed E-state index contributed by atoms with van der Waals surface area (Å²) >= 11 is 1.17. The van der Waals surface area contributed by atoms with Crippen LogP contribution in [0.5, 0.6) is 0 Å². The van der Waals surface area contributed by atoms with Gasteiger partial charge in [-0.3, -0.25) is 14.4 Å². The van der Waals surface area contributed by atoms with E-state index in [-0.39, 0.29) is 16.4 Å². The molecular formula is C20H20N2O6S2. The number of hydrogen-bond acceptors (Lipinski definition) is 7. The fourth-order valence-electron chi connectivity index (χ4n) is 2.98. The third kappa shape index (κ3) is 4.26. The highest BCUT2D eigenvalue weighted by atomic mass is 32.2. The van der Waals surface area contributed by atoms with Crippen molar-refractivity contribution in [1.29, 1.82) is 0 Å². The molecule has 1 atom stereocenters. The SMILES string of the molecule is COCCNC(=O)c1ccc(C=CC(=O)C2C(=O)c3ccccc3S(=O)(=O)N2C)s1. The van der Waals surface area contributed by atoms with Crippen molar-refractivity contribution in [1.82, 2.24) is 9.62 Å². The Balaban J connectivity index is 1.77. The van der Waals surface area contributed by atoms with Gasteiger partial charge in [-0.1, -0.05) is 12.1 Å². The van der Waals surface area contributed by atoms with Gasteiger partial charge in [0.1, 0.15) is 0 Å². The number of sulfonamides is 1. The Hall–Kier alpha value is -2.66. The van der Waals surface area contributed by atoms with Crippen LogP contribution in [0.15, 0.2) is 47.4 Å². The van der Waals surface area contributed by atoms with E-state index in [1.54, 1.807) is 18.2 Å². The van der Waals surface area contributed by atoms with Crippen molar-refractivity contribution in [2.24, 2.45) is 0 Å². The predicted molar refractivity (Wildman–Crippen MR) is 112 cm³/mol. The van der Waals surface area contributed by atoms with Crippen molar-refractivity contribution in [3.63, 3.8) is 0 Å². The van der Waals surface area contributed by atoms with E-state index in [0.29, 0.717) is 22.9 Å². The fraction of sp³-hybridized carbons (Fsp3) is 0.250. The molecule has 1 aromatic carbocycles. The molecule has 8 nitrogen and oxygen atoms in total. The van der Waals surface area contributed by atoms with Gasteiger partial charge in [-0.15, -0.1) is 11.3 Å². The van der Waals surface area contributed by atoms with E-state index in [0.717, 1.165) is 4.31 Å². The zero-order valence-corrected chi connectivity index (χ0v) is 18.0. The molecule has 1 aliphatic heterocycles. The van der Waals surface area contributed by atoms with Crippen LogP contribution in [0.3, 0.4) is 0 Å². The van der Waals surface area contributed by atoms with Crippen LogP contribution < -0.4 is 5.32 Å². The first-order valence-corrected chi connectivity index (χ1v) is 11.2. The van der Waals surface area contributed by atoms with Gasteiger partial charge in [0.25, 0.3) is 5.91 Å². The van der Waals surface area contributed by atoms with Gasteiger partial charge in [0, 0.05) is 31.1 Å². The molecule has 158 valence electrons. The Labute approximate surface area is 178 Å². The molecule has 0 aliphatic carbocycles. The monoisotopic (exact) mass is 448 g/mol. The number of Topliss-reactive ketones (excluding diaryl/α,β-unsaturated/α-hetero) is 1. The third-order valence-corrected chi connectivity index (χ3v) is 7.48. The summed E-state index contributed by atoms with van der Waals surface area (Å²) in [5.41, 5.74) is 0.00786. The highest BCUT2D eigenvalue weighted by molar-refractivity contribution is 7.89. The van der Waals surface area contributed by atoms with E-state index >= 15 is 0 Å². The summed E-state index contributed by atoms with van der Waals surface area (Å²) in [6.45, 7) is 0.774. The molecule has 1 amide bonds. The molecule has 0 radical (unpaired) electrons. The van der Waals surface area contributed by atoms with Crippen LogP contribution in [0.4, 0.5) is 0 Å². The number of nitrogens with one attached hydrogen (secondary N) is 1. The zero-order chi connectivity index (χ0) is 21.9. The summed E-state index contributed by atoms with van der Waals surface area (Å²) in [5, 5.41) is 2.70. The predicted octanol–water partition coefficient (Wildman–Crippen LogP) is 1.59. The number of carbonyl (C=O) groups excluding carboxylic acids is 3. The summed E-state index contributed by atoms with van der Waals surface area (Å²) in [7, 11) is -1.20. The van der Waals surface area contributed by atoms with Crippen molar-refractivity contribution in [2.45, 2.75) is 10.9 Å². The minimum atomic E-state index is -3.95. The number of nitrogens with zero attached hydrogens (tertiary/aromatic N) is 1. The van der Waals surface area contributed by atoms with Gasteiger partial charge in [0.15, 0.2) is 17.6 Å². The lowest BCUT2D eigenvalue weighted by Crippen LogP contribution is -2.50. The molecule has 0 bridgehead atoms. The Bertz CT molecular complexity index is 1120. The van der Waals surface area contributed by atoms with Crippen LogP contribution in [0.1, 0.15) is 24.9 Å². The number of ether oxygens (including phenoxy) is 1. The van der Waals surface area contributed by atoms with E-state index in [2.05, 4.69) is 5.32 Å². The Morgan fingerprint density at radius 1 is 1.23 bits per heavy atom. The molecule has 1 aliphatic rings. The van der Waals surface area contributed by atoms with Crippen LogP contribution in [-0.2, 0) is 19.6 Å². The molecule has 1 N–H and O–H groups in total. The molecule has 3 rings (SSSR count). The van der Waals surface area contributed by atoms with Crippen molar-refractivity contribution in [3.05, 3.63) is 57.8 Å². The molecule has 0 fully saturated rings. The molecule has 0 saturated heterocycles. The van der Waals surface area contributed by atoms with Crippen LogP contribution in [0, 0.1) is 0 Å². The first kappa shape index (κ1) is 22.0. The average Bonchev–Trinajstić information content (AvgIpc) is 3.20. The second-order valence-electron chi connectivity index (χ2n) is 6.47. The van der Waals surface area contributed by atoms with E-state index in [1.807, 2.05) is 0 Å². The summed E-state index contributed by atoms with van der Waals surface area (Å²) in [6, 6.07) is 7.66. The summed E-state index contributed by atoms with van der Waals surface area (Å²) in [4.78, 5) is 38.5. The van der Waals surface area contributed by atoms with Gasteiger partial charge in [-0.2, -0.15) is 4.31 Å². The van der Waals surface area contributed by atoms with Crippen molar-refractivity contribution in [3.8, 4) is 0 Å². The number of carbonyl (C=O) groups is 3. The molecule has 0 spiro atoms. The lowest BCUT2D eigenvalue weighted by Gasteiger charge is -2.30. The minimum absolute atomic E-state index is 0.00786. The molecule has 1 unspecified atom stereocenters. The van der Waals surface area contributed by atoms with Gasteiger partial charge in [0.2, 0.25) is 10.0 Å². The maximum atomic E-state index is 12.8. The van der Waals surface area contributed by atoms with Crippen LogP contribution in [0.25, 0.3) is 6.08 Å². The average molecular weight is 449 g/mol. The van der Waals surface area contributed by atoms with Crippen molar-refractivity contribution >= 4 is 44.9 Å². The molecule has 30 heavy (non-hydrogen) atoms. The molecule has 1 aromatic heterocycles. The third-order valence-electron chi connectivity index (χ3n) is 4.55. The number of benzene rings is 1. The number of rotatable bonds is 7. The Kier molecular flexibility index (Phi) is 6.61. The van der Waals surface area contributed by atoms with Crippen molar-refractivity contribution < 1.29 is 27.5 Å². The van der Waals surface area contributed by atoms with Gasteiger partial charge in [0.05, 0.1) is 16.4 Å². The Morgan fingerprint density at radius 3 is 2.70 bits per heavy atom. The molecule has 2 aromatic rings. The van der Waals surface area contributed by atoms with E-state index in [1.165, 1.54) is 55.8 Å². The van der Waals surface area contributed by atoms with Gasteiger partial charge in [-0.25, -0.2) is 8.42 Å². The highest BCUT2D eigenvalue weighted by Gasteiger charge is 2.44. The summed E-state index contributed by atoms with van der Waals surface area (Å²) < 4.78 is 31.0. The van der Waals surface area contributed by atoms with E-state index in [4.69, 9.17) is 4.74 Å². The second-order valence-corrected chi connectivity index (χ2v) is 9.55. The normalized spacial score (nSPS) is 18.3. The molecule has 10 heteroatoms. The number of ketones is 2. The van der Waals surface area contributed by atoms with Gasteiger partial charge in [-0.05, 0) is 36.4 Å². The Morgan fingerprint density at radius 2 is 1.97 bits per heavy atom. The maximum absolute atomic E-state index is 12.8. The van der Waals surface area contributed by atoms with Crippen LogP contribution in [0.2, 0.25) is 0 Å². The minimum Gasteiger partial charge on any atom is -0.383 e. The molecule has 2 heterocycles. The number of thiophene rings is 1. The number of fused-ring (bicyclic) bond motifs is 1. The van der Waals surface area contributed by atoms with Crippen LogP contribution >= 0.6 is 11.3 Å². The van der Waals surface area contributed by atoms with Gasteiger partial charge >= 0.3 is 0 Å². The topological polar surface area (TPSA) is 110 Å². The maximum Gasteiger partial charge on any atom is 0.261 e. The second kappa shape index (κ2) is 9.00. The largest absolute Gasteiger partial charge is 0.383 e. The quantitative estimate of drug-likeness (QED) is 0.391. The summed E-state index contributed by atoms with van der Waals surface area (Å²) in [6.07, 6.45) is 2.63. The number of amides is 1. The lowest BCUT2D eigenvalue weighted by atomic mass is 10.00. The number of methoxy groups -OCH3 is 1. The fourth-order valence-corrected chi connectivity index (χ4v) is 5.29. The number of likely N-dealkylation sites (N-methyl/N-ethyl adjacent to an activating group) is 1. The van der Waals surface area contributed by atoms with Gasteiger partial charge < -0.3 is 10.1 Å². The molecular weight excluding hydrogens is 428 g/mol.